The minimum absolute atomic E-state index is 0.318. The topological polar surface area (TPSA) is 64.3 Å². The Morgan fingerprint density at radius 1 is 1.19 bits per heavy atom. The summed E-state index contributed by atoms with van der Waals surface area (Å²) in [5, 5.41) is 3.07. The minimum Gasteiger partial charge on any atom is -0.491 e. The lowest BCUT2D eigenvalue weighted by atomic mass is 10.2. The van der Waals surface area contributed by atoms with Gasteiger partial charge in [-0.05, 0) is 17.5 Å². The third-order valence-corrected chi connectivity index (χ3v) is 4.38. The number of hydrogen-bond acceptors (Lipinski definition) is 6. The van der Waals surface area contributed by atoms with Crippen molar-refractivity contribution in [2.24, 2.45) is 0 Å². The average molecular weight is 298 g/mol. The molecule has 0 aliphatic carbocycles. The summed E-state index contributed by atoms with van der Waals surface area (Å²) in [4.78, 5) is 11.9. The zero-order chi connectivity index (χ0) is 14.2. The fourth-order valence-electron chi connectivity index (χ4n) is 2.60. The summed E-state index contributed by atoms with van der Waals surface area (Å²) in [5.41, 5.74) is 7.01. The van der Waals surface area contributed by atoms with Crippen molar-refractivity contribution >= 4 is 33.3 Å². The van der Waals surface area contributed by atoms with Gasteiger partial charge in [0.05, 0.1) is 11.9 Å². The van der Waals surface area contributed by atoms with Crippen LogP contribution in [0.15, 0.2) is 35.7 Å². The van der Waals surface area contributed by atoms with Crippen LogP contribution in [0.3, 0.4) is 0 Å². The fourth-order valence-corrected chi connectivity index (χ4v) is 3.37. The van der Waals surface area contributed by atoms with Gasteiger partial charge < -0.3 is 15.4 Å². The van der Waals surface area contributed by atoms with E-state index in [1.807, 2.05) is 29.6 Å². The average Bonchev–Trinajstić information content (AvgIpc) is 2.84. The first-order valence-corrected chi connectivity index (χ1v) is 7.65. The summed E-state index contributed by atoms with van der Waals surface area (Å²) in [7, 11) is 0. The van der Waals surface area contributed by atoms with Gasteiger partial charge in [-0.3, -0.25) is 0 Å². The molecule has 0 spiro atoms. The Labute approximate surface area is 126 Å². The second-order valence-corrected chi connectivity index (χ2v) is 5.82. The Morgan fingerprint density at radius 3 is 3.05 bits per heavy atom. The molecular weight excluding hydrogens is 284 g/mol. The maximum Gasteiger partial charge on any atom is 0.223 e. The molecule has 0 radical (unpaired) electrons. The third kappa shape index (κ3) is 2.17. The first-order valence-electron chi connectivity index (χ1n) is 6.77. The van der Waals surface area contributed by atoms with E-state index in [2.05, 4.69) is 20.9 Å². The van der Waals surface area contributed by atoms with E-state index in [0.717, 1.165) is 40.4 Å². The summed E-state index contributed by atoms with van der Waals surface area (Å²) in [5.74, 6) is 2.15. The quantitative estimate of drug-likeness (QED) is 0.748. The molecule has 0 saturated heterocycles. The van der Waals surface area contributed by atoms with Gasteiger partial charge in [0.25, 0.3) is 0 Å². The predicted octanol–water partition coefficient (Wildman–Crippen LogP) is 2.67. The van der Waals surface area contributed by atoms with E-state index in [1.165, 1.54) is 0 Å². The summed E-state index contributed by atoms with van der Waals surface area (Å²) in [6, 6.07) is 10.2. The van der Waals surface area contributed by atoms with E-state index in [1.54, 1.807) is 11.3 Å². The second-order valence-electron chi connectivity index (χ2n) is 4.92. The minimum atomic E-state index is 0.318. The van der Waals surface area contributed by atoms with E-state index in [4.69, 9.17) is 10.5 Å². The number of rotatable bonds is 1. The monoisotopic (exact) mass is 298 g/mol. The Bertz CT molecular complexity index is 801. The van der Waals surface area contributed by atoms with Gasteiger partial charge in [-0.2, -0.15) is 4.98 Å². The number of nitrogens with two attached hydrogens (primary N) is 1. The van der Waals surface area contributed by atoms with Crippen LogP contribution in [-0.2, 0) is 6.54 Å². The maximum absolute atomic E-state index is 5.85. The molecule has 106 valence electrons. The van der Waals surface area contributed by atoms with E-state index in [9.17, 15) is 0 Å². The number of nitrogen functional groups attached to an aromatic ring is 1. The molecule has 2 N–H and O–H groups in total. The van der Waals surface area contributed by atoms with Gasteiger partial charge in [0.2, 0.25) is 5.95 Å². The highest BCUT2D eigenvalue weighted by Gasteiger charge is 2.19. The van der Waals surface area contributed by atoms with Crippen molar-refractivity contribution in [1.82, 2.24) is 9.97 Å². The lowest BCUT2D eigenvalue weighted by Crippen LogP contribution is -2.26. The van der Waals surface area contributed by atoms with E-state index in [0.29, 0.717) is 12.6 Å². The molecule has 0 atom stereocenters. The lowest BCUT2D eigenvalue weighted by molar-refractivity contribution is 0.331. The Kier molecular flexibility index (Phi) is 2.89. The van der Waals surface area contributed by atoms with Crippen molar-refractivity contribution in [1.29, 1.82) is 0 Å². The highest BCUT2D eigenvalue weighted by molar-refractivity contribution is 7.16. The summed E-state index contributed by atoms with van der Waals surface area (Å²) >= 11 is 1.58. The number of hydrogen-bond donors (Lipinski definition) is 1. The Morgan fingerprint density at radius 2 is 2.10 bits per heavy atom. The molecule has 0 saturated carbocycles. The predicted molar refractivity (Wildman–Crippen MR) is 84.8 cm³/mol. The Hall–Kier alpha value is -2.34. The molecule has 0 unspecified atom stereocenters. The van der Waals surface area contributed by atoms with Gasteiger partial charge in [0.1, 0.15) is 23.0 Å². The highest BCUT2D eigenvalue weighted by atomic mass is 32.1. The van der Waals surface area contributed by atoms with E-state index < -0.39 is 0 Å². The van der Waals surface area contributed by atoms with Gasteiger partial charge in [0.15, 0.2) is 0 Å². The molecule has 4 rings (SSSR count). The third-order valence-electron chi connectivity index (χ3n) is 3.57. The molecule has 2 aromatic heterocycles. The van der Waals surface area contributed by atoms with Crippen molar-refractivity contribution in [2.75, 3.05) is 23.8 Å². The number of thiophene rings is 1. The number of para-hydroxylation sites is 1. The van der Waals surface area contributed by atoms with Crippen LogP contribution in [0.2, 0.25) is 0 Å². The van der Waals surface area contributed by atoms with Crippen LogP contribution in [-0.4, -0.2) is 23.1 Å². The van der Waals surface area contributed by atoms with Crippen molar-refractivity contribution < 1.29 is 4.74 Å². The van der Waals surface area contributed by atoms with Crippen LogP contribution in [0, 0.1) is 0 Å². The molecule has 1 aromatic carbocycles. The molecule has 1 aliphatic heterocycles. The van der Waals surface area contributed by atoms with Crippen molar-refractivity contribution in [3.8, 4) is 5.75 Å². The number of benzene rings is 1. The molecule has 5 nitrogen and oxygen atoms in total. The number of fused-ring (bicyclic) bond motifs is 2. The number of anilines is 2. The first kappa shape index (κ1) is 12.4. The van der Waals surface area contributed by atoms with Gasteiger partial charge in [-0.15, -0.1) is 11.3 Å². The highest BCUT2D eigenvalue weighted by Crippen LogP contribution is 2.31. The number of aromatic nitrogens is 2. The lowest BCUT2D eigenvalue weighted by Gasteiger charge is -2.21. The SMILES string of the molecule is Nc1nc(N2CCOc3ccccc3C2)c2ccsc2n1. The van der Waals surface area contributed by atoms with Crippen molar-refractivity contribution in [3.05, 3.63) is 41.3 Å². The van der Waals surface area contributed by atoms with Crippen LogP contribution in [0.25, 0.3) is 10.2 Å². The van der Waals surface area contributed by atoms with Crippen LogP contribution in [0.5, 0.6) is 5.75 Å². The van der Waals surface area contributed by atoms with Gasteiger partial charge in [-0.25, -0.2) is 4.98 Å². The number of ether oxygens (including phenoxy) is 1. The normalized spacial score (nSPS) is 14.6. The van der Waals surface area contributed by atoms with E-state index in [-0.39, 0.29) is 0 Å². The largest absolute Gasteiger partial charge is 0.491 e. The van der Waals surface area contributed by atoms with Crippen molar-refractivity contribution in [2.45, 2.75) is 6.54 Å². The zero-order valence-electron chi connectivity index (χ0n) is 11.3. The second kappa shape index (κ2) is 4.89. The molecule has 3 aromatic rings. The molecule has 1 aliphatic rings. The zero-order valence-corrected chi connectivity index (χ0v) is 12.1. The summed E-state index contributed by atoms with van der Waals surface area (Å²) in [6.07, 6.45) is 0. The molecule has 21 heavy (non-hydrogen) atoms. The van der Waals surface area contributed by atoms with Gasteiger partial charge in [-0.1, -0.05) is 18.2 Å². The van der Waals surface area contributed by atoms with Crippen LogP contribution in [0.1, 0.15) is 5.56 Å². The fraction of sp³-hybridized carbons (Fsp3) is 0.200. The first-order chi connectivity index (χ1) is 10.3. The van der Waals surface area contributed by atoms with Crippen molar-refractivity contribution in [3.63, 3.8) is 0 Å². The molecule has 0 bridgehead atoms. The molecular formula is C15H14N4OS. The molecule has 3 heterocycles. The standard InChI is InChI=1S/C15H14N4OS/c16-15-17-13(11-5-8-21-14(11)18-15)19-6-7-20-12-4-2-1-3-10(12)9-19/h1-5,8H,6-7,9H2,(H2,16,17,18). The van der Waals surface area contributed by atoms with Gasteiger partial charge in [0, 0.05) is 12.1 Å². The van der Waals surface area contributed by atoms with E-state index >= 15 is 0 Å². The molecule has 6 heteroatoms. The summed E-state index contributed by atoms with van der Waals surface area (Å²) in [6.45, 7) is 2.17. The smallest absolute Gasteiger partial charge is 0.223 e. The van der Waals surface area contributed by atoms with Crippen LogP contribution >= 0.6 is 11.3 Å². The van der Waals surface area contributed by atoms with Crippen LogP contribution < -0.4 is 15.4 Å². The van der Waals surface area contributed by atoms with Crippen LogP contribution in [0.4, 0.5) is 11.8 Å². The molecule has 0 amide bonds. The van der Waals surface area contributed by atoms with Gasteiger partial charge >= 0.3 is 0 Å². The number of nitrogens with zero attached hydrogens (tertiary/aromatic N) is 3. The summed E-state index contributed by atoms with van der Waals surface area (Å²) < 4.78 is 5.81. The Balaban J connectivity index is 1.80. The molecule has 0 fully saturated rings. The maximum atomic E-state index is 5.85.